The molecule has 1 N–H and O–H groups in total. The van der Waals surface area contributed by atoms with E-state index in [1.54, 1.807) is 23.5 Å². The Bertz CT molecular complexity index is 507. The standard InChI is InChI=1S/C12H10Br2FNS/c1-16-11(7-3-2-4-8(15)5-7)10-6-9(13)12(14)17-10/h2-6,11,16H,1H3. The maximum Gasteiger partial charge on any atom is 0.123 e. The number of hydrogen-bond donors (Lipinski definition) is 1. The average Bonchev–Trinajstić information content (AvgIpc) is 2.60. The van der Waals surface area contributed by atoms with E-state index in [2.05, 4.69) is 37.2 Å². The molecular formula is C12H10Br2FNS. The highest BCUT2D eigenvalue weighted by Crippen LogP contribution is 2.37. The van der Waals surface area contributed by atoms with Gasteiger partial charge < -0.3 is 5.32 Å². The largest absolute Gasteiger partial charge is 0.309 e. The molecule has 2 rings (SSSR count). The summed E-state index contributed by atoms with van der Waals surface area (Å²) in [6.45, 7) is 0. The Labute approximate surface area is 120 Å². The second kappa shape index (κ2) is 5.61. The van der Waals surface area contributed by atoms with Crippen LogP contribution in [0.15, 0.2) is 38.6 Å². The summed E-state index contributed by atoms with van der Waals surface area (Å²) in [7, 11) is 1.87. The second-order valence-electron chi connectivity index (χ2n) is 3.55. The highest BCUT2D eigenvalue weighted by Gasteiger charge is 2.16. The monoisotopic (exact) mass is 377 g/mol. The van der Waals surface area contributed by atoms with Crippen LogP contribution >= 0.6 is 43.2 Å². The van der Waals surface area contributed by atoms with Crippen molar-refractivity contribution in [2.75, 3.05) is 7.05 Å². The van der Waals surface area contributed by atoms with Crippen molar-refractivity contribution >= 4 is 43.2 Å². The van der Waals surface area contributed by atoms with Crippen LogP contribution < -0.4 is 5.32 Å². The summed E-state index contributed by atoms with van der Waals surface area (Å²) in [4.78, 5) is 1.14. The van der Waals surface area contributed by atoms with Crippen LogP contribution in [-0.4, -0.2) is 7.05 Å². The molecule has 0 amide bonds. The zero-order valence-electron chi connectivity index (χ0n) is 9.01. The molecule has 5 heteroatoms. The fraction of sp³-hybridized carbons (Fsp3) is 0.167. The van der Waals surface area contributed by atoms with Gasteiger partial charge in [0.2, 0.25) is 0 Å². The molecule has 1 atom stereocenters. The molecule has 1 heterocycles. The molecule has 0 aliphatic heterocycles. The molecule has 0 bridgehead atoms. The zero-order chi connectivity index (χ0) is 12.4. The first-order chi connectivity index (χ1) is 8.11. The summed E-state index contributed by atoms with van der Waals surface area (Å²) in [5, 5.41) is 3.20. The Morgan fingerprint density at radius 3 is 2.59 bits per heavy atom. The lowest BCUT2D eigenvalue weighted by Gasteiger charge is -2.14. The van der Waals surface area contributed by atoms with Crippen LogP contribution in [0.4, 0.5) is 4.39 Å². The van der Waals surface area contributed by atoms with Gasteiger partial charge in [0.15, 0.2) is 0 Å². The van der Waals surface area contributed by atoms with Gasteiger partial charge in [-0.2, -0.15) is 0 Å². The van der Waals surface area contributed by atoms with Gasteiger partial charge in [0.1, 0.15) is 5.82 Å². The van der Waals surface area contributed by atoms with Crippen LogP contribution in [0, 0.1) is 5.82 Å². The van der Waals surface area contributed by atoms with Gasteiger partial charge in [-0.25, -0.2) is 4.39 Å². The summed E-state index contributed by atoms with van der Waals surface area (Å²) in [6.07, 6.45) is 0. The van der Waals surface area contributed by atoms with E-state index in [0.29, 0.717) is 0 Å². The number of rotatable bonds is 3. The fourth-order valence-electron chi connectivity index (χ4n) is 1.66. The Kier molecular flexibility index (Phi) is 4.36. The predicted molar refractivity (Wildman–Crippen MR) is 77.0 cm³/mol. The van der Waals surface area contributed by atoms with E-state index in [9.17, 15) is 4.39 Å². The Morgan fingerprint density at radius 1 is 1.29 bits per heavy atom. The lowest BCUT2D eigenvalue weighted by Crippen LogP contribution is -2.16. The average molecular weight is 379 g/mol. The van der Waals surface area contributed by atoms with Crippen LogP contribution in [0.3, 0.4) is 0 Å². The van der Waals surface area contributed by atoms with E-state index in [-0.39, 0.29) is 11.9 Å². The Balaban J connectivity index is 2.39. The number of thiophene rings is 1. The van der Waals surface area contributed by atoms with Crippen molar-refractivity contribution in [2.45, 2.75) is 6.04 Å². The minimum absolute atomic E-state index is 0.0123. The molecule has 1 aromatic carbocycles. The SMILES string of the molecule is CNC(c1cccc(F)c1)c1cc(Br)c(Br)s1. The molecular weight excluding hydrogens is 369 g/mol. The van der Waals surface area contributed by atoms with Crippen LogP contribution in [0.25, 0.3) is 0 Å². The second-order valence-corrected chi connectivity index (χ2v) is 6.80. The zero-order valence-corrected chi connectivity index (χ0v) is 13.0. The first-order valence-electron chi connectivity index (χ1n) is 4.99. The van der Waals surface area contributed by atoms with Gasteiger partial charge in [0.05, 0.1) is 9.83 Å². The van der Waals surface area contributed by atoms with E-state index < -0.39 is 0 Å². The van der Waals surface area contributed by atoms with Gasteiger partial charge in [0, 0.05) is 9.35 Å². The van der Waals surface area contributed by atoms with Crippen molar-refractivity contribution < 1.29 is 4.39 Å². The molecule has 0 aliphatic rings. The third-order valence-corrected chi connectivity index (χ3v) is 5.74. The summed E-state index contributed by atoms with van der Waals surface area (Å²) in [6, 6.07) is 8.72. The smallest absolute Gasteiger partial charge is 0.123 e. The summed E-state index contributed by atoms with van der Waals surface area (Å²) in [5.74, 6) is -0.211. The minimum Gasteiger partial charge on any atom is -0.309 e. The van der Waals surface area contributed by atoms with Crippen LogP contribution in [0.1, 0.15) is 16.5 Å². The maximum absolute atomic E-state index is 13.2. The van der Waals surface area contributed by atoms with E-state index >= 15 is 0 Å². The maximum atomic E-state index is 13.2. The number of halogens is 3. The summed E-state index contributed by atoms with van der Waals surface area (Å²) in [5.41, 5.74) is 0.925. The van der Waals surface area contributed by atoms with Crippen molar-refractivity contribution in [3.63, 3.8) is 0 Å². The molecule has 2 aromatic rings. The number of nitrogens with one attached hydrogen (secondary N) is 1. The van der Waals surface area contributed by atoms with Crippen molar-refractivity contribution in [1.29, 1.82) is 0 Å². The molecule has 1 aromatic heterocycles. The quantitative estimate of drug-likeness (QED) is 0.814. The lowest BCUT2D eigenvalue weighted by molar-refractivity contribution is 0.618. The molecule has 0 saturated heterocycles. The highest BCUT2D eigenvalue weighted by atomic mass is 79.9. The lowest BCUT2D eigenvalue weighted by atomic mass is 10.1. The predicted octanol–water partition coefficient (Wildman–Crippen LogP) is 4.72. The molecule has 1 unspecified atom stereocenters. The molecule has 1 nitrogen and oxygen atoms in total. The first-order valence-corrected chi connectivity index (χ1v) is 7.39. The van der Waals surface area contributed by atoms with Crippen LogP contribution in [-0.2, 0) is 0 Å². The van der Waals surface area contributed by atoms with Gasteiger partial charge in [-0.1, -0.05) is 12.1 Å². The van der Waals surface area contributed by atoms with Gasteiger partial charge in [-0.15, -0.1) is 11.3 Å². The van der Waals surface area contributed by atoms with Crippen molar-refractivity contribution in [1.82, 2.24) is 5.32 Å². The first kappa shape index (κ1) is 13.2. The molecule has 0 fully saturated rings. The Morgan fingerprint density at radius 2 is 2.06 bits per heavy atom. The van der Waals surface area contributed by atoms with Crippen LogP contribution in [0.5, 0.6) is 0 Å². The van der Waals surface area contributed by atoms with Crippen molar-refractivity contribution in [3.05, 3.63) is 54.8 Å². The summed E-state index contributed by atoms with van der Waals surface area (Å²) >= 11 is 8.57. The van der Waals surface area contributed by atoms with Crippen molar-refractivity contribution in [3.8, 4) is 0 Å². The highest BCUT2D eigenvalue weighted by molar-refractivity contribution is 9.13. The normalized spacial score (nSPS) is 12.7. The molecule has 90 valence electrons. The van der Waals surface area contributed by atoms with Gasteiger partial charge in [0.25, 0.3) is 0 Å². The molecule has 0 aliphatic carbocycles. The Hall–Kier alpha value is -0.230. The number of benzene rings is 1. The molecule has 0 saturated carbocycles. The summed E-state index contributed by atoms with van der Waals surface area (Å²) < 4.78 is 15.3. The van der Waals surface area contributed by atoms with Crippen LogP contribution in [0.2, 0.25) is 0 Å². The van der Waals surface area contributed by atoms with Gasteiger partial charge >= 0.3 is 0 Å². The molecule has 17 heavy (non-hydrogen) atoms. The third kappa shape index (κ3) is 2.96. The topological polar surface area (TPSA) is 12.0 Å². The van der Waals surface area contributed by atoms with Gasteiger partial charge in [-0.3, -0.25) is 0 Å². The molecule has 0 spiro atoms. The van der Waals surface area contributed by atoms with Crippen molar-refractivity contribution in [2.24, 2.45) is 0 Å². The molecule has 0 radical (unpaired) electrons. The van der Waals surface area contributed by atoms with E-state index in [4.69, 9.17) is 0 Å². The van der Waals surface area contributed by atoms with E-state index in [1.807, 2.05) is 19.2 Å². The fourth-order valence-corrected chi connectivity index (χ4v) is 3.89. The van der Waals surface area contributed by atoms with E-state index in [1.165, 1.54) is 6.07 Å². The minimum atomic E-state index is -0.211. The van der Waals surface area contributed by atoms with E-state index in [0.717, 1.165) is 18.7 Å². The third-order valence-electron chi connectivity index (χ3n) is 2.42. The number of hydrogen-bond acceptors (Lipinski definition) is 2. The van der Waals surface area contributed by atoms with Gasteiger partial charge in [-0.05, 0) is 62.7 Å².